The molecule has 0 bridgehead atoms. The number of aliphatic hydroxyl groups is 1. The number of nitrogens with zero attached hydrogens (tertiary/aromatic N) is 2. The average Bonchev–Trinajstić information content (AvgIpc) is 2.86. The summed E-state index contributed by atoms with van der Waals surface area (Å²) in [5, 5.41) is 22.0. The average molecular weight is 551 g/mol. The second kappa shape index (κ2) is 12.4. The number of hydrogen-bond acceptors (Lipinski definition) is 6. The molecule has 0 spiro atoms. The summed E-state index contributed by atoms with van der Waals surface area (Å²) in [6.45, 7) is 1.73. The van der Waals surface area contributed by atoms with Crippen LogP contribution in [0, 0.1) is 23.5 Å². The van der Waals surface area contributed by atoms with E-state index in [1.807, 2.05) is 0 Å². The van der Waals surface area contributed by atoms with Crippen LogP contribution in [-0.4, -0.2) is 58.6 Å². The zero-order chi connectivity index (χ0) is 26.5. The van der Waals surface area contributed by atoms with Crippen molar-refractivity contribution in [3.63, 3.8) is 0 Å². The van der Waals surface area contributed by atoms with Gasteiger partial charge in [-0.25, -0.2) is 8.78 Å². The van der Waals surface area contributed by atoms with E-state index >= 15 is 0 Å². The predicted octanol–water partition coefficient (Wildman–Crippen LogP) is 5.80. The van der Waals surface area contributed by atoms with Gasteiger partial charge < -0.3 is 19.8 Å². The number of ether oxygens (including phenoxy) is 1. The summed E-state index contributed by atoms with van der Waals surface area (Å²) in [6, 6.07) is 8.81. The van der Waals surface area contributed by atoms with Crippen molar-refractivity contribution >= 4 is 40.2 Å². The van der Waals surface area contributed by atoms with Gasteiger partial charge in [0.1, 0.15) is 17.4 Å². The minimum absolute atomic E-state index is 0.0882. The fourth-order valence-corrected chi connectivity index (χ4v) is 6.20. The highest BCUT2D eigenvalue weighted by Gasteiger charge is 2.34. The second-order valence-corrected chi connectivity index (χ2v) is 10.8. The molecule has 1 saturated heterocycles. The van der Waals surface area contributed by atoms with Crippen LogP contribution >= 0.6 is 23.4 Å². The summed E-state index contributed by atoms with van der Waals surface area (Å²) in [7, 11) is 1.56. The Morgan fingerprint density at radius 1 is 1.27 bits per heavy atom. The first-order valence-corrected chi connectivity index (χ1v) is 13.5. The quantitative estimate of drug-likeness (QED) is 0.308. The summed E-state index contributed by atoms with van der Waals surface area (Å²) in [5.41, 5.74) is 1.26. The molecule has 6 nitrogen and oxygen atoms in total. The Bertz CT molecular complexity index is 1240. The highest BCUT2D eigenvalue weighted by atomic mass is 35.5. The maximum absolute atomic E-state index is 13.4. The van der Waals surface area contributed by atoms with Crippen LogP contribution in [0.15, 0.2) is 47.5 Å². The van der Waals surface area contributed by atoms with Crippen molar-refractivity contribution < 1.29 is 28.5 Å². The van der Waals surface area contributed by atoms with Gasteiger partial charge in [-0.15, -0.1) is 11.8 Å². The number of hydrogen-bond donors (Lipinski definition) is 2. The van der Waals surface area contributed by atoms with Crippen LogP contribution < -0.4 is 4.74 Å². The number of carboxylic acids is 1. The number of piperidine rings is 1. The molecule has 0 saturated carbocycles. The van der Waals surface area contributed by atoms with E-state index in [1.165, 1.54) is 30.1 Å². The number of carboxylic acid groups (broad SMARTS) is 1. The Kier molecular flexibility index (Phi) is 9.23. The van der Waals surface area contributed by atoms with E-state index < -0.39 is 29.6 Å². The molecule has 2 heterocycles. The molecular weight excluding hydrogens is 522 g/mol. The van der Waals surface area contributed by atoms with Gasteiger partial charge in [0.15, 0.2) is 0 Å². The van der Waals surface area contributed by atoms with Crippen LogP contribution in [-0.2, 0) is 4.79 Å². The van der Waals surface area contributed by atoms with Crippen LogP contribution in [0.5, 0.6) is 5.75 Å². The van der Waals surface area contributed by atoms with Crippen LogP contribution in [0.1, 0.15) is 30.9 Å². The van der Waals surface area contributed by atoms with Gasteiger partial charge in [0, 0.05) is 47.0 Å². The van der Waals surface area contributed by atoms with Crippen molar-refractivity contribution in [3.8, 4) is 5.75 Å². The molecule has 0 amide bonds. The molecule has 1 aromatic heterocycles. The van der Waals surface area contributed by atoms with Crippen LogP contribution in [0.3, 0.4) is 0 Å². The van der Waals surface area contributed by atoms with Gasteiger partial charge in [-0.1, -0.05) is 11.6 Å². The zero-order valence-electron chi connectivity index (χ0n) is 20.4. The van der Waals surface area contributed by atoms with Crippen molar-refractivity contribution in [3.05, 3.63) is 64.8 Å². The molecule has 1 aliphatic heterocycles. The maximum atomic E-state index is 13.4. The minimum Gasteiger partial charge on any atom is -0.497 e. The smallest absolute Gasteiger partial charge is 0.308 e. The molecule has 4 rings (SSSR count). The first-order chi connectivity index (χ1) is 17.7. The highest BCUT2D eigenvalue weighted by Crippen LogP contribution is 2.37. The fourth-order valence-electron chi connectivity index (χ4n) is 4.95. The number of pyridine rings is 1. The normalized spacial score (nSPS) is 19.2. The van der Waals surface area contributed by atoms with Crippen molar-refractivity contribution in [1.82, 2.24) is 9.88 Å². The third-order valence-corrected chi connectivity index (χ3v) is 8.14. The van der Waals surface area contributed by atoms with Gasteiger partial charge in [0.25, 0.3) is 0 Å². The molecule has 0 aliphatic carbocycles. The zero-order valence-corrected chi connectivity index (χ0v) is 21.9. The Labute approximate surface area is 223 Å². The highest BCUT2D eigenvalue weighted by molar-refractivity contribution is 7.99. The topological polar surface area (TPSA) is 82.9 Å². The third-order valence-electron chi connectivity index (χ3n) is 6.88. The number of likely N-dealkylation sites (tertiary alicyclic amines) is 1. The first-order valence-electron chi connectivity index (χ1n) is 12.1. The van der Waals surface area contributed by atoms with Gasteiger partial charge >= 0.3 is 5.97 Å². The van der Waals surface area contributed by atoms with E-state index in [1.54, 1.807) is 25.3 Å². The SMILES string of the molecule is COc1ccc2ncc(Cl)c([C@H](O)CCC3CCN(CCSc4cc(F)cc(F)c4)CC3C(=O)O)c2c1. The lowest BCUT2D eigenvalue weighted by atomic mass is 9.81. The number of methoxy groups -OCH3 is 1. The van der Waals surface area contributed by atoms with Crippen molar-refractivity contribution in [2.24, 2.45) is 11.8 Å². The maximum Gasteiger partial charge on any atom is 0.308 e. The first kappa shape index (κ1) is 27.6. The number of aromatic nitrogens is 1. The van der Waals surface area contributed by atoms with E-state index in [4.69, 9.17) is 16.3 Å². The Morgan fingerprint density at radius 2 is 2.03 bits per heavy atom. The number of halogens is 3. The van der Waals surface area contributed by atoms with Crippen molar-refractivity contribution in [2.75, 3.05) is 32.5 Å². The number of fused-ring (bicyclic) bond motifs is 1. The van der Waals surface area contributed by atoms with Gasteiger partial charge in [-0.05, 0) is 62.1 Å². The minimum atomic E-state index is -0.874. The van der Waals surface area contributed by atoms with Gasteiger partial charge in [0.05, 0.1) is 29.7 Å². The largest absolute Gasteiger partial charge is 0.497 e. The number of aliphatic carboxylic acids is 1. The molecular formula is C27H29ClF2N2O4S. The summed E-state index contributed by atoms with van der Waals surface area (Å²) in [4.78, 5) is 19.0. The molecule has 0 radical (unpaired) electrons. The summed E-state index contributed by atoms with van der Waals surface area (Å²) in [6.07, 6.45) is 2.23. The summed E-state index contributed by atoms with van der Waals surface area (Å²) < 4.78 is 32.1. The summed E-state index contributed by atoms with van der Waals surface area (Å²) in [5.74, 6) is -1.52. The summed E-state index contributed by atoms with van der Waals surface area (Å²) >= 11 is 7.76. The lowest BCUT2D eigenvalue weighted by Gasteiger charge is -2.37. The Balaban J connectivity index is 1.36. The molecule has 2 aromatic carbocycles. The Hall–Kier alpha value is -2.46. The molecule has 3 aromatic rings. The predicted molar refractivity (Wildman–Crippen MR) is 140 cm³/mol. The number of thioether (sulfide) groups is 1. The Morgan fingerprint density at radius 3 is 2.73 bits per heavy atom. The molecule has 37 heavy (non-hydrogen) atoms. The van der Waals surface area contributed by atoms with Crippen LogP contribution in [0.4, 0.5) is 8.78 Å². The molecule has 1 fully saturated rings. The molecule has 10 heteroatoms. The van der Waals surface area contributed by atoms with E-state index in [9.17, 15) is 23.8 Å². The lowest BCUT2D eigenvalue weighted by Crippen LogP contribution is -2.44. The van der Waals surface area contributed by atoms with Crippen molar-refractivity contribution in [2.45, 2.75) is 30.3 Å². The molecule has 2 N–H and O–H groups in total. The van der Waals surface area contributed by atoms with Gasteiger partial charge in [-0.3, -0.25) is 9.78 Å². The standard InChI is InChI=1S/C27H29ClF2N2O4S/c1-36-19-3-4-24-21(13-19)26(23(28)14-31-24)25(33)5-2-16-6-7-32(15-22(16)27(34)35)8-9-37-20-11-17(29)10-18(30)12-20/h3-4,10-14,16,22,25,33H,2,5-9,15H2,1H3,(H,34,35)/t16?,22?,25-/m1/s1. The second-order valence-electron chi connectivity index (χ2n) is 9.24. The molecule has 3 atom stereocenters. The molecule has 198 valence electrons. The monoisotopic (exact) mass is 550 g/mol. The lowest BCUT2D eigenvalue weighted by molar-refractivity contribution is -0.146. The number of rotatable bonds is 10. The van der Waals surface area contributed by atoms with E-state index in [0.29, 0.717) is 70.2 Å². The number of aliphatic hydroxyl groups excluding tert-OH is 1. The van der Waals surface area contributed by atoms with Crippen molar-refractivity contribution in [1.29, 1.82) is 0 Å². The van der Waals surface area contributed by atoms with Gasteiger partial charge in [0.2, 0.25) is 0 Å². The number of benzene rings is 2. The molecule has 1 aliphatic rings. The number of carbonyl (C=O) groups is 1. The fraction of sp³-hybridized carbons (Fsp3) is 0.407. The van der Waals surface area contributed by atoms with E-state index in [0.717, 1.165) is 12.6 Å². The third kappa shape index (κ3) is 6.90. The van der Waals surface area contributed by atoms with Crippen LogP contribution in [0.2, 0.25) is 5.02 Å². The molecule has 2 unspecified atom stereocenters. The van der Waals surface area contributed by atoms with Crippen LogP contribution in [0.25, 0.3) is 10.9 Å². The van der Waals surface area contributed by atoms with E-state index in [2.05, 4.69) is 9.88 Å². The van der Waals surface area contributed by atoms with Gasteiger partial charge in [-0.2, -0.15) is 0 Å². The van der Waals surface area contributed by atoms with E-state index in [-0.39, 0.29) is 5.92 Å².